The molecule has 1 aliphatic carbocycles. The van der Waals surface area contributed by atoms with Crippen molar-refractivity contribution in [3.05, 3.63) is 29.6 Å². The number of carboxylic acids is 1. The maximum absolute atomic E-state index is 11.8. The topological polar surface area (TPSA) is 101 Å². The number of carbonyl (C=O) groups is 2. The van der Waals surface area contributed by atoms with Crippen molar-refractivity contribution in [2.45, 2.75) is 38.0 Å². The first-order valence-electron chi connectivity index (χ1n) is 6.84. The van der Waals surface area contributed by atoms with Gasteiger partial charge in [0, 0.05) is 19.3 Å². The van der Waals surface area contributed by atoms with E-state index < -0.39 is 5.97 Å². The van der Waals surface area contributed by atoms with Gasteiger partial charge in [-0.2, -0.15) is 0 Å². The molecule has 0 spiro atoms. The molecule has 1 saturated carbocycles. The van der Waals surface area contributed by atoms with Crippen LogP contribution in [0.3, 0.4) is 0 Å². The number of nitrogens with one attached hydrogen (secondary N) is 2. The summed E-state index contributed by atoms with van der Waals surface area (Å²) in [6, 6.07) is 2.70. The molecule has 7 heteroatoms. The van der Waals surface area contributed by atoms with E-state index in [1.165, 1.54) is 18.3 Å². The molecule has 0 saturated heterocycles. The second-order valence-corrected chi connectivity index (χ2v) is 5.04. The van der Waals surface area contributed by atoms with Gasteiger partial charge in [0.25, 0.3) is 0 Å². The molecule has 1 aliphatic rings. The van der Waals surface area contributed by atoms with Crippen LogP contribution in [0.4, 0.5) is 4.79 Å². The molecule has 1 heterocycles. The number of urea groups is 1. The van der Waals surface area contributed by atoms with Crippen molar-refractivity contribution in [1.82, 2.24) is 15.6 Å². The van der Waals surface area contributed by atoms with Gasteiger partial charge >= 0.3 is 12.0 Å². The van der Waals surface area contributed by atoms with Crippen molar-refractivity contribution in [2.24, 2.45) is 0 Å². The number of carbonyl (C=O) groups excluding carboxylic acids is 1. The Kier molecular flexibility index (Phi) is 5.10. The summed E-state index contributed by atoms with van der Waals surface area (Å²) >= 11 is 0. The van der Waals surface area contributed by atoms with Crippen LogP contribution in [0.25, 0.3) is 0 Å². The summed E-state index contributed by atoms with van der Waals surface area (Å²) in [5, 5.41) is 14.4. The lowest BCUT2D eigenvalue weighted by molar-refractivity contribution is 0.0696. The van der Waals surface area contributed by atoms with Crippen LogP contribution in [0.15, 0.2) is 18.3 Å². The van der Waals surface area contributed by atoms with Crippen LogP contribution in [0, 0.1) is 0 Å². The Hall–Kier alpha value is -2.15. The molecule has 0 aliphatic heterocycles. The minimum absolute atomic E-state index is 0.119. The predicted octanol–water partition coefficient (Wildman–Crippen LogP) is 1.15. The van der Waals surface area contributed by atoms with E-state index in [2.05, 4.69) is 15.6 Å². The van der Waals surface area contributed by atoms with Crippen LogP contribution in [0.1, 0.15) is 35.3 Å². The first-order valence-corrected chi connectivity index (χ1v) is 6.84. The van der Waals surface area contributed by atoms with Crippen LogP contribution >= 0.6 is 0 Å². The Balaban J connectivity index is 1.79. The Morgan fingerprint density at radius 1 is 1.48 bits per heavy atom. The molecule has 3 N–H and O–H groups in total. The van der Waals surface area contributed by atoms with Crippen LogP contribution in [0.2, 0.25) is 0 Å². The summed E-state index contributed by atoms with van der Waals surface area (Å²) in [4.78, 5) is 26.6. The summed E-state index contributed by atoms with van der Waals surface area (Å²) in [7, 11) is 1.67. The van der Waals surface area contributed by atoms with E-state index in [9.17, 15) is 9.59 Å². The van der Waals surface area contributed by atoms with Crippen LogP contribution in [-0.4, -0.2) is 41.3 Å². The Bertz CT molecular complexity index is 521. The zero-order valence-electron chi connectivity index (χ0n) is 11.8. The smallest absolute Gasteiger partial charge is 0.335 e. The second kappa shape index (κ2) is 7.03. The number of carboxylic acid groups (broad SMARTS) is 1. The van der Waals surface area contributed by atoms with Gasteiger partial charge in [-0.25, -0.2) is 9.59 Å². The van der Waals surface area contributed by atoms with E-state index in [1.807, 2.05) is 0 Å². The third-order valence-electron chi connectivity index (χ3n) is 3.55. The highest BCUT2D eigenvalue weighted by atomic mass is 16.5. The first-order chi connectivity index (χ1) is 10.1. The summed E-state index contributed by atoms with van der Waals surface area (Å²) in [5.74, 6) is -1.01. The number of methoxy groups -OCH3 is 1. The SMILES string of the molecule is COC1CCC(NC(=O)NCc2cc(C(=O)O)ccn2)C1. The van der Waals surface area contributed by atoms with E-state index in [0.29, 0.717) is 5.69 Å². The molecular formula is C14H19N3O4. The minimum Gasteiger partial charge on any atom is -0.478 e. The fourth-order valence-electron chi connectivity index (χ4n) is 2.40. The largest absolute Gasteiger partial charge is 0.478 e. The average molecular weight is 293 g/mol. The lowest BCUT2D eigenvalue weighted by Gasteiger charge is -2.13. The lowest BCUT2D eigenvalue weighted by atomic mass is 10.2. The molecule has 1 fully saturated rings. The van der Waals surface area contributed by atoms with Gasteiger partial charge in [-0.1, -0.05) is 0 Å². The summed E-state index contributed by atoms with van der Waals surface area (Å²) in [5.41, 5.74) is 0.659. The van der Waals surface area contributed by atoms with Gasteiger partial charge in [-0.3, -0.25) is 4.98 Å². The third kappa shape index (κ3) is 4.42. The number of hydrogen-bond donors (Lipinski definition) is 3. The zero-order chi connectivity index (χ0) is 15.2. The average Bonchev–Trinajstić information content (AvgIpc) is 2.93. The number of rotatable bonds is 5. The van der Waals surface area contributed by atoms with Crippen LogP contribution in [-0.2, 0) is 11.3 Å². The van der Waals surface area contributed by atoms with Gasteiger partial charge in [-0.05, 0) is 31.4 Å². The third-order valence-corrected chi connectivity index (χ3v) is 3.55. The molecule has 0 bridgehead atoms. The monoisotopic (exact) mass is 293 g/mol. The van der Waals surface area contributed by atoms with E-state index in [0.717, 1.165) is 19.3 Å². The Labute approximate surface area is 122 Å². The van der Waals surface area contributed by atoms with E-state index >= 15 is 0 Å². The van der Waals surface area contributed by atoms with Crippen molar-refractivity contribution >= 4 is 12.0 Å². The fourth-order valence-corrected chi connectivity index (χ4v) is 2.40. The number of nitrogens with zero attached hydrogens (tertiary/aromatic N) is 1. The fraction of sp³-hybridized carbons (Fsp3) is 0.500. The van der Waals surface area contributed by atoms with Gasteiger partial charge in [-0.15, -0.1) is 0 Å². The van der Waals surface area contributed by atoms with Gasteiger partial charge in [0.05, 0.1) is 23.9 Å². The van der Waals surface area contributed by atoms with Crippen molar-refractivity contribution in [3.8, 4) is 0 Å². The number of aromatic carboxylic acids is 1. The number of aromatic nitrogens is 1. The van der Waals surface area contributed by atoms with Crippen molar-refractivity contribution < 1.29 is 19.4 Å². The number of pyridine rings is 1. The van der Waals surface area contributed by atoms with Gasteiger partial charge < -0.3 is 20.5 Å². The molecule has 114 valence electrons. The van der Waals surface area contributed by atoms with Gasteiger partial charge in [0.2, 0.25) is 0 Å². The second-order valence-electron chi connectivity index (χ2n) is 5.04. The normalized spacial score (nSPS) is 21.0. The molecular weight excluding hydrogens is 274 g/mol. The molecule has 0 aromatic carbocycles. The molecule has 0 radical (unpaired) electrons. The van der Waals surface area contributed by atoms with Gasteiger partial charge in [0.15, 0.2) is 0 Å². The molecule has 7 nitrogen and oxygen atoms in total. The molecule has 1 aromatic rings. The molecule has 1 aromatic heterocycles. The highest BCUT2D eigenvalue weighted by molar-refractivity contribution is 5.87. The molecule has 2 unspecified atom stereocenters. The van der Waals surface area contributed by atoms with E-state index in [-0.39, 0.29) is 30.3 Å². The first kappa shape index (κ1) is 15.2. The number of hydrogen-bond acceptors (Lipinski definition) is 4. The lowest BCUT2D eigenvalue weighted by Crippen LogP contribution is -2.41. The van der Waals surface area contributed by atoms with E-state index in [1.54, 1.807) is 7.11 Å². The molecule has 21 heavy (non-hydrogen) atoms. The molecule has 2 rings (SSSR count). The Morgan fingerprint density at radius 3 is 2.95 bits per heavy atom. The van der Waals surface area contributed by atoms with Crippen molar-refractivity contribution in [2.75, 3.05) is 7.11 Å². The Morgan fingerprint density at radius 2 is 2.29 bits per heavy atom. The van der Waals surface area contributed by atoms with Crippen molar-refractivity contribution in [1.29, 1.82) is 0 Å². The van der Waals surface area contributed by atoms with Crippen LogP contribution in [0.5, 0.6) is 0 Å². The van der Waals surface area contributed by atoms with Gasteiger partial charge in [0.1, 0.15) is 0 Å². The maximum atomic E-state index is 11.8. The predicted molar refractivity (Wildman–Crippen MR) is 75.0 cm³/mol. The molecule has 2 atom stereocenters. The highest BCUT2D eigenvalue weighted by Gasteiger charge is 2.25. The maximum Gasteiger partial charge on any atom is 0.335 e. The number of ether oxygens (including phenoxy) is 1. The summed E-state index contributed by atoms with van der Waals surface area (Å²) < 4.78 is 5.25. The minimum atomic E-state index is -1.01. The standard InChI is InChI=1S/C14H19N3O4/c1-21-12-3-2-10(7-12)17-14(20)16-8-11-6-9(13(18)19)4-5-15-11/h4-6,10,12H,2-3,7-8H2,1H3,(H,18,19)(H2,16,17,20). The van der Waals surface area contributed by atoms with E-state index in [4.69, 9.17) is 9.84 Å². The quantitative estimate of drug-likeness (QED) is 0.756. The molecule has 2 amide bonds. The highest BCUT2D eigenvalue weighted by Crippen LogP contribution is 2.21. The summed E-state index contributed by atoms with van der Waals surface area (Å²) in [6.45, 7) is 0.188. The summed E-state index contributed by atoms with van der Waals surface area (Å²) in [6.07, 6.45) is 4.29. The number of amides is 2. The zero-order valence-corrected chi connectivity index (χ0v) is 11.8. The van der Waals surface area contributed by atoms with Crippen LogP contribution < -0.4 is 10.6 Å². The van der Waals surface area contributed by atoms with Crippen molar-refractivity contribution in [3.63, 3.8) is 0 Å².